The number of nitrogens with two attached hydrogens (primary N) is 8. The summed E-state index contributed by atoms with van der Waals surface area (Å²) in [5.74, 6) is -15.4. The van der Waals surface area contributed by atoms with Gasteiger partial charge in [-0.05, 0) is 128 Å². The van der Waals surface area contributed by atoms with Crippen LogP contribution in [-0.4, -0.2) is 195 Å². The first-order valence-electron chi connectivity index (χ1n) is 38.0. The number of carbonyl (C=O) groups is 12. The van der Waals surface area contributed by atoms with Crippen molar-refractivity contribution in [3.63, 3.8) is 0 Å². The van der Waals surface area contributed by atoms with E-state index in [1.807, 2.05) is 72.1 Å². The fraction of sp³-hybridized carbons (Fsp3) is 0.564. The number of aliphatic hydroxyl groups is 1. The number of carboxylic acid groups (broad SMARTS) is 1. The fourth-order valence-corrected chi connectivity index (χ4v) is 15.3. The van der Waals surface area contributed by atoms with E-state index in [-0.39, 0.29) is 139 Å². The molecule has 620 valence electrons. The molecule has 12 atom stereocenters. The summed E-state index contributed by atoms with van der Waals surface area (Å²) in [7, 11) is 0. The monoisotopic (exact) mass is 1620 g/mol. The Labute approximate surface area is 674 Å². The van der Waals surface area contributed by atoms with Crippen LogP contribution in [-0.2, 0) is 70.4 Å². The van der Waals surface area contributed by atoms with E-state index < -0.39 is 178 Å². The number of hydrogen-bond donors (Lipinski definition) is 17. The first-order valence-corrected chi connectivity index (χ1v) is 40.0. The Hall–Kier alpha value is -9.74. The SMILES string of the molecule is CC(=O)N[C@@H](CS)C(=O)C[C@H](CCCN=C(N)N)C(=O)N[C@@H](CCCN=C(N)N)C(=O)C[C@@H](CCCN=C(N)N)C(=O)N[C@@H](Cc1ccc2ccccc2c1)C(=O)C[C@@H](Cc1csc2ccccc12)C(=O)N1CCC[C@H]1C(=O)C[C@H](C(=O)N[C@H](C(=O)C[C@@H](CCCN=C(N)N)C(=O)N[C@H](C(=O)O)C(C)(C)C)[C@@H](C)O)C(C)(C)S. The highest BCUT2D eigenvalue weighted by Crippen LogP contribution is 2.35. The number of aliphatic hydroxyl groups excluding tert-OH is 1. The fourth-order valence-electron chi connectivity index (χ4n) is 13.8. The van der Waals surface area contributed by atoms with Crippen molar-refractivity contribution >= 4 is 152 Å². The zero-order chi connectivity index (χ0) is 84.0. The van der Waals surface area contributed by atoms with Gasteiger partial charge in [-0.3, -0.25) is 72.7 Å². The van der Waals surface area contributed by atoms with Gasteiger partial charge in [0.15, 0.2) is 52.8 Å². The van der Waals surface area contributed by atoms with E-state index in [1.165, 1.54) is 30.1 Å². The molecule has 1 aromatic heterocycles. The van der Waals surface area contributed by atoms with Gasteiger partial charge in [0.25, 0.3) is 0 Å². The quantitative estimate of drug-likeness (QED) is 0.0131. The van der Waals surface area contributed by atoms with Crippen LogP contribution < -0.4 is 72.5 Å². The first kappa shape index (κ1) is 93.9. The van der Waals surface area contributed by atoms with Gasteiger partial charge >= 0.3 is 5.97 Å². The Morgan fingerprint density at radius 1 is 0.566 bits per heavy atom. The van der Waals surface area contributed by atoms with Gasteiger partial charge in [-0.1, -0.05) is 95.3 Å². The van der Waals surface area contributed by atoms with E-state index in [0.29, 0.717) is 12.0 Å². The van der Waals surface area contributed by atoms with Crippen molar-refractivity contribution < 1.29 is 67.7 Å². The summed E-state index contributed by atoms with van der Waals surface area (Å²) in [6.07, 6.45) is -2.90. The molecule has 0 saturated carbocycles. The molecule has 1 saturated heterocycles. The average molecular weight is 1630 g/mol. The molecule has 23 N–H and O–H groups in total. The summed E-state index contributed by atoms with van der Waals surface area (Å²) >= 11 is 10.5. The van der Waals surface area contributed by atoms with Crippen molar-refractivity contribution in [2.45, 2.75) is 205 Å². The molecule has 6 amide bonds. The van der Waals surface area contributed by atoms with Crippen molar-refractivity contribution in [2.75, 3.05) is 38.5 Å². The summed E-state index contributed by atoms with van der Waals surface area (Å²) in [6, 6.07) is 12.8. The molecule has 2 heterocycles. The van der Waals surface area contributed by atoms with E-state index >= 15 is 24.0 Å². The third kappa shape index (κ3) is 30.9. The van der Waals surface area contributed by atoms with Crippen LogP contribution in [0.15, 0.2) is 92.1 Å². The van der Waals surface area contributed by atoms with Crippen LogP contribution in [0.1, 0.15) is 156 Å². The highest BCUT2D eigenvalue weighted by atomic mass is 32.1. The molecule has 0 bridgehead atoms. The molecule has 1 aliphatic rings. The lowest BCUT2D eigenvalue weighted by Crippen LogP contribution is -2.54. The third-order valence-corrected chi connectivity index (χ3v) is 21.6. The number of ketones is 5. The van der Waals surface area contributed by atoms with Gasteiger partial charge in [0.2, 0.25) is 35.4 Å². The minimum atomic E-state index is -1.64. The van der Waals surface area contributed by atoms with E-state index in [1.54, 1.807) is 34.6 Å². The van der Waals surface area contributed by atoms with Gasteiger partial charge in [0, 0.05) is 111 Å². The van der Waals surface area contributed by atoms with Crippen LogP contribution in [0.5, 0.6) is 0 Å². The molecular weight excluding hydrogens is 1510 g/mol. The molecular formula is C78H116N18O14S3. The number of thiol groups is 2. The number of carbonyl (C=O) groups excluding carboxylic acids is 11. The van der Waals surface area contributed by atoms with Gasteiger partial charge in [0.05, 0.1) is 36.2 Å². The molecule has 4 aromatic rings. The smallest absolute Gasteiger partial charge is 0.326 e. The number of benzene rings is 3. The molecule has 1 fully saturated rings. The number of nitrogens with zero attached hydrogens (tertiary/aromatic N) is 5. The van der Waals surface area contributed by atoms with E-state index in [2.05, 4.69) is 59.2 Å². The number of thiophene rings is 1. The van der Waals surface area contributed by atoms with Crippen molar-refractivity contribution in [1.29, 1.82) is 0 Å². The number of carboxylic acids is 1. The number of fused-ring (bicyclic) bond motifs is 2. The average Bonchev–Trinajstić information content (AvgIpc) is 1.72. The number of guanidine groups is 4. The molecule has 3 aromatic carbocycles. The Morgan fingerprint density at radius 2 is 1.04 bits per heavy atom. The minimum absolute atomic E-state index is 0.00102. The van der Waals surface area contributed by atoms with Gasteiger partial charge in [-0.2, -0.15) is 25.3 Å². The summed E-state index contributed by atoms with van der Waals surface area (Å²) < 4.78 is -0.399. The lowest BCUT2D eigenvalue weighted by molar-refractivity contribution is -0.146. The molecule has 35 heteroatoms. The van der Waals surface area contributed by atoms with Crippen molar-refractivity contribution in [3.05, 3.63) is 83.2 Å². The second-order valence-electron chi connectivity index (χ2n) is 30.6. The molecule has 0 spiro atoms. The maximum absolute atomic E-state index is 15.8. The maximum Gasteiger partial charge on any atom is 0.326 e. The number of amides is 6. The predicted octanol–water partition coefficient (Wildman–Crippen LogP) is 2.52. The molecule has 5 rings (SSSR count). The number of nitrogens with one attached hydrogen (secondary N) is 5. The summed E-state index contributed by atoms with van der Waals surface area (Å²) in [5.41, 5.74) is 45.4. The van der Waals surface area contributed by atoms with Crippen LogP contribution in [0.2, 0.25) is 0 Å². The Kier molecular flexibility index (Phi) is 37.6. The van der Waals surface area contributed by atoms with Crippen LogP contribution in [0.25, 0.3) is 20.9 Å². The van der Waals surface area contributed by atoms with E-state index in [9.17, 15) is 43.8 Å². The van der Waals surface area contributed by atoms with E-state index in [4.69, 9.17) is 58.5 Å². The third-order valence-electron chi connectivity index (χ3n) is 19.9. The highest BCUT2D eigenvalue weighted by molar-refractivity contribution is 7.81. The minimum Gasteiger partial charge on any atom is -0.480 e. The van der Waals surface area contributed by atoms with Crippen LogP contribution in [0, 0.1) is 35.0 Å². The van der Waals surface area contributed by atoms with E-state index in [0.717, 1.165) is 26.4 Å². The van der Waals surface area contributed by atoms with Crippen LogP contribution >= 0.6 is 36.6 Å². The van der Waals surface area contributed by atoms with Gasteiger partial charge in [0.1, 0.15) is 12.1 Å². The largest absolute Gasteiger partial charge is 0.480 e. The zero-order valence-corrected chi connectivity index (χ0v) is 68.2. The Bertz CT molecular complexity index is 4100. The van der Waals surface area contributed by atoms with Crippen LogP contribution in [0.3, 0.4) is 0 Å². The summed E-state index contributed by atoms with van der Waals surface area (Å²) in [5, 5.41) is 39.2. The summed E-state index contributed by atoms with van der Waals surface area (Å²) in [4.78, 5) is 190. The first-order chi connectivity index (χ1) is 53.2. The Balaban J connectivity index is 1.53. The van der Waals surface area contributed by atoms with Crippen molar-refractivity contribution in [3.8, 4) is 0 Å². The molecule has 0 unspecified atom stereocenters. The molecule has 32 nitrogen and oxygen atoms in total. The number of rotatable bonds is 49. The lowest BCUT2D eigenvalue weighted by atomic mass is 9.85. The van der Waals surface area contributed by atoms with Crippen molar-refractivity contribution in [1.82, 2.24) is 31.5 Å². The van der Waals surface area contributed by atoms with Gasteiger partial charge in [-0.15, -0.1) is 11.3 Å². The maximum atomic E-state index is 15.8. The lowest BCUT2D eigenvalue weighted by Gasteiger charge is -2.33. The number of aliphatic carboxylic acids is 1. The molecule has 1 aliphatic heterocycles. The molecule has 0 aliphatic carbocycles. The predicted molar refractivity (Wildman–Crippen MR) is 444 cm³/mol. The number of likely N-dealkylation sites (tertiary alicyclic amines) is 1. The molecule has 0 radical (unpaired) electrons. The number of hydrogen-bond acceptors (Lipinski definition) is 20. The normalized spacial score (nSPS) is 15.8. The molecule has 113 heavy (non-hydrogen) atoms. The van der Waals surface area contributed by atoms with Crippen molar-refractivity contribution in [2.24, 2.45) is 101 Å². The number of aliphatic imine (C=N–C) groups is 4. The van der Waals surface area contributed by atoms with Gasteiger partial charge in [-0.25, -0.2) is 4.79 Å². The topological polar surface area (TPSA) is 566 Å². The second-order valence-corrected chi connectivity index (χ2v) is 33.0. The second kappa shape index (κ2) is 45.2. The standard InChI is InChI=1S/C78H116N18O14S3/c1-43(97)65(63(103)38-50(21-14-30-89-75(83)84)69(106)95-66(72(109)110)77(3,4)5)94-70(107)54(78(6,7)112)40-62(102)58-24-16-32-96(58)71(108)51(35-52-42-113-64-25-11-10-22-53(52)64)39-60(100)56(34-45-26-27-46-17-8-9-18-47(46)33-45)93-68(105)48(19-12-28-87-73(79)80)36-59(99)55(23-15-31-90-76(85)86)92-67(104)49(20-13-29-88-74(81)82)37-61(101)57(41-111)91-44(2)98/h8-11,17-18,22,25-27,33,42-43,48-51,54-58,65-66,97,111-112H,12-16,19-21,23-24,28-32,34-41H2,1-7H3,(H,91,98)(H,92,104)(H,93,105)(H,94,107)(H,95,106)(H,109,110)(H4,79,80,87)(H4,81,82,88)(H4,83,84,89)(H4,85,86,90)/t43-,48-,49+,50-,51-,54-,55+,56+,57+,58+,65+,66-/m1/s1. The number of Topliss-reactive ketones (excluding diaryl/α,β-unsaturated/α-hetero) is 5. The Morgan fingerprint density at radius 3 is 1.55 bits per heavy atom. The zero-order valence-electron chi connectivity index (χ0n) is 65.6. The highest BCUT2D eigenvalue weighted by Gasteiger charge is 2.45. The van der Waals surface area contributed by atoms with Crippen LogP contribution in [0.4, 0.5) is 0 Å². The van der Waals surface area contributed by atoms with Gasteiger partial charge < -0.3 is 87.6 Å². The summed E-state index contributed by atoms with van der Waals surface area (Å²) in [6.45, 7) is 10.8.